The number of hydrogen-bond donors (Lipinski definition) is 0. The minimum absolute atomic E-state index is 0.280. The van der Waals surface area contributed by atoms with Gasteiger partial charge in [0.25, 0.3) is 0 Å². The fourth-order valence-corrected chi connectivity index (χ4v) is 2.31. The maximum absolute atomic E-state index is 6.16. The monoisotopic (exact) mass is 314 g/mol. The Labute approximate surface area is 133 Å². The van der Waals surface area contributed by atoms with E-state index in [4.69, 9.17) is 16.3 Å². The van der Waals surface area contributed by atoms with Gasteiger partial charge >= 0.3 is 0 Å². The summed E-state index contributed by atoms with van der Waals surface area (Å²) in [6.45, 7) is 4.19. The Kier molecular flexibility index (Phi) is 4.06. The number of nitrogens with zero attached hydrogens (tertiary/aromatic N) is 4. The van der Waals surface area contributed by atoms with Crippen molar-refractivity contribution < 1.29 is 4.74 Å². The third-order valence-corrected chi connectivity index (χ3v) is 3.91. The van der Waals surface area contributed by atoms with Crippen LogP contribution in [-0.4, -0.2) is 20.2 Å². The predicted octanol–water partition coefficient (Wildman–Crippen LogP) is 3.51. The van der Waals surface area contributed by atoms with Crippen molar-refractivity contribution in [1.29, 1.82) is 0 Å². The SMILES string of the molecule is Cc1cc(OCc2nnnn2-c2ccccc2)cc(C)c1Cl. The molecule has 0 fully saturated rings. The largest absolute Gasteiger partial charge is 0.486 e. The van der Waals surface area contributed by atoms with Crippen molar-refractivity contribution in [2.75, 3.05) is 0 Å². The van der Waals surface area contributed by atoms with E-state index >= 15 is 0 Å². The Hall–Kier alpha value is -2.40. The molecule has 0 unspecified atom stereocenters. The van der Waals surface area contributed by atoms with Crippen LogP contribution in [0.4, 0.5) is 0 Å². The minimum atomic E-state index is 0.280. The van der Waals surface area contributed by atoms with Crippen molar-refractivity contribution in [2.24, 2.45) is 0 Å². The molecular formula is C16H15ClN4O. The summed E-state index contributed by atoms with van der Waals surface area (Å²) in [5.74, 6) is 1.39. The summed E-state index contributed by atoms with van der Waals surface area (Å²) < 4.78 is 7.47. The molecule has 22 heavy (non-hydrogen) atoms. The zero-order chi connectivity index (χ0) is 15.5. The van der Waals surface area contributed by atoms with E-state index in [1.54, 1.807) is 4.68 Å². The van der Waals surface area contributed by atoms with Gasteiger partial charge in [0.2, 0.25) is 0 Å². The number of aromatic nitrogens is 4. The quantitative estimate of drug-likeness (QED) is 0.739. The zero-order valence-corrected chi connectivity index (χ0v) is 13.1. The molecule has 0 amide bonds. The molecule has 0 spiro atoms. The molecule has 3 rings (SSSR count). The molecular weight excluding hydrogens is 300 g/mol. The lowest BCUT2D eigenvalue weighted by Crippen LogP contribution is -2.07. The molecule has 0 aliphatic rings. The standard InChI is InChI=1S/C16H15ClN4O/c1-11-8-14(9-12(2)16(11)17)22-10-15-18-19-20-21(15)13-6-4-3-5-7-13/h3-9H,10H2,1-2H3. The van der Waals surface area contributed by atoms with Crippen molar-refractivity contribution in [3.8, 4) is 11.4 Å². The summed E-state index contributed by atoms with van der Waals surface area (Å²) in [5.41, 5.74) is 2.87. The summed E-state index contributed by atoms with van der Waals surface area (Å²) in [5, 5.41) is 12.5. The summed E-state index contributed by atoms with van der Waals surface area (Å²) in [6, 6.07) is 13.5. The van der Waals surface area contributed by atoms with Crippen molar-refractivity contribution in [3.05, 3.63) is 64.4 Å². The number of halogens is 1. The Morgan fingerprint density at radius 1 is 1.09 bits per heavy atom. The molecule has 112 valence electrons. The normalized spacial score (nSPS) is 10.7. The van der Waals surface area contributed by atoms with Gasteiger partial charge in [-0.05, 0) is 59.7 Å². The average Bonchev–Trinajstić information content (AvgIpc) is 3.00. The first-order valence-corrected chi connectivity index (χ1v) is 7.25. The second kappa shape index (κ2) is 6.15. The number of benzene rings is 2. The molecule has 0 bridgehead atoms. The summed E-state index contributed by atoms with van der Waals surface area (Å²) in [7, 11) is 0. The molecule has 5 nitrogen and oxygen atoms in total. The highest BCUT2D eigenvalue weighted by Gasteiger charge is 2.10. The second-order valence-corrected chi connectivity index (χ2v) is 5.38. The van der Waals surface area contributed by atoms with Crippen molar-refractivity contribution in [2.45, 2.75) is 20.5 Å². The van der Waals surface area contributed by atoms with Crippen LogP contribution in [0.1, 0.15) is 17.0 Å². The highest BCUT2D eigenvalue weighted by molar-refractivity contribution is 6.32. The molecule has 6 heteroatoms. The number of tetrazole rings is 1. The second-order valence-electron chi connectivity index (χ2n) is 5.00. The molecule has 0 aliphatic carbocycles. The molecule has 1 heterocycles. The van der Waals surface area contributed by atoms with Gasteiger partial charge in [-0.25, -0.2) is 0 Å². The molecule has 0 aliphatic heterocycles. The van der Waals surface area contributed by atoms with Gasteiger partial charge in [-0.3, -0.25) is 0 Å². The van der Waals surface area contributed by atoms with Crippen LogP contribution in [0.3, 0.4) is 0 Å². The van der Waals surface area contributed by atoms with Crippen LogP contribution >= 0.6 is 11.6 Å². The van der Waals surface area contributed by atoms with Gasteiger partial charge in [0.1, 0.15) is 12.4 Å². The topological polar surface area (TPSA) is 52.8 Å². The Morgan fingerprint density at radius 2 is 1.77 bits per heavy atom. The van der Waals surface area contributed by atoms with Gasteiger partial charge in [-0.1, -0.05) is 29.8 Å². The van der Waals surface area contributed by atoms with Gasteiger partial charge in [0.15, 0.2) is 5.82 Å². The molecule has 3 aromatic rings. The number of rotatable bonds is 4. The lowest BCUT2D eigenvalue weighted by Gasteiger charge is -2.10. The Bertz CT molecular complexity index is 763. The average molecular weight is 315 g/mol. The van der Waals surface area contributed by atoms with Crippen LogP contribution in [0.15, 0.2) is 42.5 Å². The van der Waals surface area contributed by atoms with E-state index in [1.807, 2.05) is 56.3 Å². The van der Waals surface area contributed by atoms with Crippen molar-refractivity contribution in [3.63, 3.8) is 0 Å². The number of para-hydroxylation sites is 1. The summed E-state index contributed by atoms with van der Waals surface area (Å²) in [6.07, 6.45) is 0. The molecule has 2 aromatic carbocycles. The van der Waals surface area contributed by atoms with Gasteiger partial charge in [-0.2, -0.15) is 4.68 Å². The van der Waals surface area contributed by atoms with Crippen LogP contribution in [0.2, 0.25) is 5.02 Å². The van der Waals surface area contributed by atoms with Crippen molar-refractivity contribution in [1.82, 2.24) is 20.2 Å². The fourth-order valence-electron chi connectivity index (χ4n) is 2.20. The first kappa shape index (κ1) is 14.5. The van der Waals surface area contributed by atoms with E-state index < -0.39 is 0 Å². The predicted molar refractivity (Wildman–Crippen MR) is 84.4 cm³/mol. The van der Waals surface area contributed by atoms with E-state index in [2.05, 4.69) is 15.5 Å². The zero-order valence-electron chi connectivity index (χ0n) is 12.3. The third kappa shape index (κ3) is 2.94. The van der Waals surface area contributed by atoms with E-state index in [0.29, 0.717) is 5.82 Å². The van der Waals surface area contributed by atoms with Crippen LogP contribution in [-0.2, 0) is 6.61 Å². The molecule has 0 radical (unpaired) electrons. The van der Waals surface area contributed by atoms with E-state index in [-0.39, 0.29) is 6.61 Å². The molecule has 0 N–H and O–H groups in total. The first-order chi connectivity index (χ1) is 10.6. The van der Waals surface area contributed by atoms with E-state index in [1.165, 1.54) is 0 Å². The number of aryl methyl sites for hydroxylation is 2. The number of ether oxygens (including phenoxy) is 1. The van der Waals surface area contributed by atoms with Crippen LogP contribution < -0.4 is 4.74 Å². The minimum Gasteiger partial charge on any atom is -0.486 e. The van der Waals surface area contributed by atoms with Gasteiger partial charge in [0, 0.05) is 5.02 Å². The van der Waals surface area contributed by atoms with Crippen LogP contribution in [0.25, 0.3) is 5.69 Å². The van der Waals surface area contributed by atoms with Crippen molar-refractivity contribution >= 4 is 11.6 Å². The van der Waals surface area contributed by atoms with Crippen LogP contribution in [0, 0.1) is 13.8 Å². The summed E-state index contributed by atoms with van der Waals surface area (Å²) >= 11 is 6.16. The Morgan fingerprint density at radius 3 is 2.45 bits per heavy atom. The first-order valence-electron chi connectivity index (χ1n) is 6.87. The lowest BCUT2D eigenvalue weighted by molar-refractivity contribution is 0.292. The van der Waals surface area contributed by atoms with E-state index in [9.17, 15) is 0 Å². The highest BCUT2D eigenvalue weighted by Crippen LogP contribution is 2.26. The van der Waals surface area contributed by atoms with E-state index in [0.717, 1.165) is 27.6 Å². The third-order valence-electron chi connectivity index (χ3n) is 3.31. The van der Waals surface area contributed by atoms with Gasteiger partial charge in [0.05, 0.1) is 5.69 Å². The Balaban J connectivity index is 1.80. The molecule has 0 saturated carbocycles. The maximum atomic E-state index is 6.16. The van der Waals surface area contributed by atoms with Gasteiger partial charge < -0.3 is 4.74 Å². The molecule has 0 saturated heterocycles. The number of hydrogen-bond acceptors (Lipinski definition) is 4. The summed E-state index contributed by atoms with van der Waals surface area (Å²) in [4.78, 5) is 0. The smallest absolute Gasteiger partial charge is 0.194 e. The highest BCUT2D eigenvalue weighted by atomic mass is 35.5. The maximum Gasteiger partial charge on any atom is 0.194 e. The molecule has 1 aromatic heterocycles. The lowest BCUT2D eigenvalue weighted by atomic mass is 10.1. The van der Waals surface area contributed by atoms with Gasteiger partial charge in [-0.15, -0.1) is 5.10 Å². The van der Waals surface area contributed by atoms with Crippen LogP contribution in [0.5, 0.6) is 5.75 Å². The fraction of sp³-hybridized carbons (Fsp3) is 0.188. The molecule has 0 atom stereocenters.